The molecule has 5 heteroatoms. The average molecular weight is 278 g/mol. The third-order valence-corrected chi connectivity index (χ3v) is 3.71. The minimum absolute atomic E-state index is 0.244. The van der Waals surface area contributed by atoms with Gasteiger partial charge in [-0.2, -0.15) is 0 Å². The van der Waals surface area contributed by atoms with E-state index in [9.17, 15) is 9.90 Å². The van der Waals surface area contributed by atoms with Crippen LogP contribution >= 0.6 is 0 Å². The average Bonchev–Trinajstić information content (AvgIpc) is 2.47. The SMILES string of the molecule is COCC(C(=O)O)N1CCN(Cc2ccccc2)CC1. The number of hydrogen-bond acceptors (Lipinski definition) is 4. The molecular formula is C15H22N2O3. The van der Waals surface area contributed by atoms with E-state index in [1.807, 2.05) is 23.1 Å². The Hall–Kier alpha value is -1.43. The summed E-state index contributed by atoms with van der Waals surface area (Å²) in [4.78, 5) is 15.6. The standard InChI is InChI=1S/C15H22N2O3/c1-20-12-14(15(18)19)17-9-7-16(8-10-17)11-13-5-3-2-4-6-13/h2-6,14H,7-12H2,1H3,(H,18,19). The second-order valence-electron chi connectivity index (χ2n) is 5.11. The number of carboxylic acid groups (broad SMARTS) is 1. The molecule has 0 aliphatic carbocycles. The molecule has 1 unspecified atom stereocenters. The number of aliphatic carboxylic acids is 1. The van der Waals surface area contributed by atoms with Crippen molar-refractivity contribution in [3.63, 3.8) is 0 Å². The molecule has 2 rings (SSSR count). The maximum Gasteiger partial charge on any atom is 0.323 e. The van der Waals surface area contributed by atoms with Crippen LogP contribution in [0.3, 0.4) is 0 Å². The van der Waals surface area contributed by atoms with Gasteiger partial charge in [-0.1, -0.05) is 30.3 Å². The van der Waals surface area contributed by atoms with Gasteiger partial charge in [-0.25, -0.2) is 0 Å². The summed E-state index contributed by atoms with van der Waals surface area (Å²) in [5, 5.41) is 9.22. The summed E-state index contributed by atoms with van der Waals surface area (Å²) < 4.78 is 5.00. The normalized spacial score (nSPS) is 18.9. The lowest BCUT2D eigenvalue weighted by Crippen LogP contribution is -2.53. The molecule has 0 bridgehead atoms. The lowest BCUT2D eigenvalue weighted by atomic mass is 10.1. The molecule has 5 nitrogen and oxygen atoms in total. The van der Waals surface area contributed by atoms with Gasteiger partial charge >= 0.3 is 5.97 Å². The number of carbonyl (C=O) groups is 1. The minimum Gasteiger partial charge on any atom is -0.480 e. The van der Waals surface area contributed by atoms with Crippen molar-refractivity contribution in [2.45, 2.75) is 12.6 Å². The Morgan fingerprint density at radius 2 is 1.90 bits per heavy atom. The molecule has 1 aromatic carbocycles. The van der Waals surface area contributed by atoms with Gasteiger partial charge in [-0.15, -0.1) is 0 Å². The number of carboxylic acids is 1. The van der Waals surface area contributed by atoms with Crippen molar-refractivity contribution in [1.82, 2.24) is 9.80 Å². The minimum atomic E-state index is -0.802. The zero-order valence-electron chi connectivity index (χ0n) is 11.9. The van der Waals surface area contributed by atoms with Crippen LogP contribution in [0.2, 0.25) is 0 Å². The first-order valence-electron chi connectivity index (χ1n) is 6.93. The molecular weight excluding hydrogens is 256 g/mol. The zero-order valence-corrected chi connectivity index (χ0v) is 11.9. The second kappa shape index (κ2) is 7.38. The molecule has 0 spiro atoms. The highest BCUT2D eigenvalue weighted by atomic mass is 16.5. The van der Waals surface area contributed by atoms with Crippen molar-refractivity contribution in [3.8, 4) is 0 Å². The largest absolute Gasteiger partial charge is 0.480 e. The number of methoxy groups -OCH3 is 1. The lowest BCUT2D eigenvalue weighted by molar-refractivity contribution is -0.146. The summed E-state index contributed by atoms with van der Waals surface area (Å²) in [7, 11) is 1.54. The molecule has 110 valence electrons. The van der Waals surface area contributed by atoms with E-state index in [1.165, 1.54) is 5.56 Å². The third kappa shape index (κ3) is 4.03. The molecule has 1 fully saturated rings. The molecule has 1 heterocycles. The van der Waals surface area contributed by atoms with Gasteiger partial charge in [-0.3, -0.25) is 14.6 Å². The molecule has 1 aliphatic rings. The monoisotopic (exact) mass is 278 g/mol. The van der Waals surface area contributed by atoms with E-state index in [-0.39, 0.29) is 6.61 Å². The molecule has 0 amide bonds. The molecule has 0 radical (unpaired) electrons. The van der Waals surface area contributed by atoms with Gasteiger partial charge < -0.3 is 9.84 Å². The fourth-order valence-electron chi connectivity index (χ4n) is 2.57. The highest BCUT2D eigenvalue weighted by molar-refractivity contribution is 5.73. The molecule has 0 aromatic heterocycles. The number of rotatable bonds is 6. The highest BCUT2D eigenvalue weighted by Gasteiger charge is 2.28. The Morgan fingerprint density at radius 1 is 1.25 bits per heavy atom. The van der Waals surface area contributed by atoms with Gasteiger partial charge in [0.05, 0.1) is 6.61 Å². The van der Waals surface area contributed by atoms with Crippen LogP contribution in [-0.4, -0.2) is 66.8 Å². The number of piperazine rings is 1. The third-order valence-electron chi connectivity index (χ3n) is 3.71. The van der Waals surface area contributed by atoms with E-state index < -0.39 is 12.0 Å². The van der Waals surface area contributed by atoms with Crippen molar-refractivity contribution in [1.29, 1.82) is 0 Å². The van der Waals surface area contributed by atoms with Crippen LogP contribution < -0.4 is 0 Å². The van der Waals surface area contributed by atoms with Crippen LogP contribution in [-0.2, 0) is 16.1 Å². The van der Waals surface area contributed by atoms with Crippen molar-refractivity contribution in [2.75, 3.05) is 39.9 Å². The first-order chi connectivity index (χ1) is 9.70. The Morgan fingerprint density at radius 3 is 2.45 bits per heavy atom. The fraction of sp³-hybridized carbons (Fsp3) is 0.533. The Kier molecular flexibility index (Phi) is 5.52. The quantitative estimate of drug-likeness (QED) is 0.838. The molecule has 1 aliphatic heterocycles. The van der Waals surface area contributed by atoms with E-state index in [2.05, 4.69) is 17.0 Å². The molecule has 20 heavy (non-hydrogen) atoms. The molecule has 1 aromatic rings. The van der Waals surface area contributed by atoms with Gasteiger partial charge in [0, 0.05) is 39.8 Å². The Labute approximate surface area is 119 Å². The van der Waals surface area contributed by atoms with Crippen molar-refractivity contribution < 1.29 is 14.6 Å². The van der Waals surface area contributed by atoms with Crippen LogP contribution in [0.15, 0.2) is 30.3 Å². The van der Waals surface area contributed by atoms with Gasteiger partial charge in [0.25, 0.3) is 0 Å². The van der Waals surface area contributed by atoms with Gasteiger partial charge in [0.2, 0.25) is 0 Å². The van der Waals surface area contributed by atoms with E-state index in [0.717, 1.165) is 32.7 Å². The zero-order chi connectivity index (χ0) is 14.4. The molecule has 1 saturated heterocycles. The van der Waals surface area contributed by atoms with E-state index in [0.29, 0.717) is 0 Å². The first-order valence-corrected chi connectivity index (χ1v) is 6.93. The van der Waals surface area contributed by atoms with Gasteiger partial charge in [0.1, 0.15) is 6.04 Å². The highest BCUT2D eigenvalue weighted by Crippen LogP contribution is 2.11. The summed E-state index contributed by atoms with van der Waals surface area (Å²) in [5.41, 5.74) is 1.30. The molecule has 1 N–H and O–H groups in total. The number of benzene rings is 1. The molecule has 0 saturated carbocycles. The Bertz CT molecular complexity index is 416. The number of hydrogen-bond donors (Lipinski definition) is 1. The second-order valence-corrected chi connectivity index (χ2v) is 5.11. The van der Waals surface area contributed by atoms with Crippen molar-refractivity contribution in [3.05, 3.63) is 35.9 Å². The summed E-state index contributed by atoms with van der Waals surface area (Å²) in [5.74, 6) is -0.802. The van der Waals surface area contributed by atoms with Crippen LogP contribution in [0.5, 0.6) is 0 Å². The van der Waals surface area contributed by atoms with Crippen molar-refractivity contribution in [2.24, 2.45) is 0 Å². The fourth-order valence-corrected chi connectivity index (χ4v) is 2.57. The number of ether oxygens (including phenoxy) is 1. The first kappa shape index (κ1) is 15.0. The van der Waals surface area contributed by atoms with E-state index in [4.69, 9.17) is 4.74 Å². The Balaban J connectivity index is 1.84. The van der Waals surface area contributed by atoms with Crippen LogP contribution in [0.4, 0.5) is 0 Å². The van der Waals surface area contributed by atoms with E-state index in [1.54, 1.807) is 7.11 Å². The molecule has 1 atom stereocenters. The van der Waals surface area contributed by atoms with Crippen molar-refractivity contribution >= 4 is 5.97 Å². The smallest absolute Gasteiger partial charge is 0.323 e. The lowest BCUT2D eigenvalue weighted by Gasteiger charge is -2.37. The van der Waals surface area contributed by atoms with E-state index >= 15 is 0 Å². The summed E-state index contributed by atoms with van der Waals surface area (Å²) >= 11 is 0. The maximum atomic E-state index is 11.2. The van der Waals surface area contributed by atoms with Crippen LogP contribution in [0.25, 0.3) is 0 Å². The summed E-state index contributed by atoms with van der Waals surface area (Å²) in [6.45, 7) is 4.50. The maximum absolute atomic E-state index is 11.2. The van der Waals surface area contributed by atoms with Crippen LogP contribution in [0.1, 0.15) is 5.56 Å². The summed E-state index contributed by atoms with van der Waals surface area (Å²) in [6, 6.07) is 9.83. The summed E-state index contributed by atoms with van der Waals surface area (Å²) in [6.07, 6.45) is 0. The predicted octanol–water partition coefficient (Wildman–Crippen LogP) is 0.904. The van der Waals surface area contributed by atoms with Gasteiger partial charge in [0.15, 0.2) is 0 Å². The van der Waals surface area contributed by atoms with Crippen LogP contribution in [0, 0.1) is 0 Å². The topological polar surface area (TPSA) is 53.0 Å². The van der Waals surface area contributed by atoms with Gasteiger partial charge in [-0.05, 0) is 5.56 Å². The number of nitrogens with zero attached hydrogens (tertiary/aromatic N) is 2. The predicted molar refractivity (Wildman–Crippen MR) is 76.6 cm³/mol.